The quantitative estimate of drug-likeness (QED) is 0.808. The lowest BCUT2D eigenvalue weighted by atomic mass is 10.0. The first-order valence-corrected chi connectivity index (χ1v) is 6.78. The molecule has 0 saturated carbocycles. The van der Waals surface area contributed by atoms with Crippen LogP contribution in [-0.4, -0.2) is 31.1 Å². The van der Waals surface area contributed by atoms with E-state index in [4.69, 9.17) is 10.5 Å². The van der Waals surface area contributed by atoms with E-state index in [9.17, 15) is 0 Å². The standard InChI is InChI=1S/C15H26N2O/c1-5-12(3)17(4)15(11-16)13-7-9-14(10-8-13)18-6-2/h7-10,12,15H,5-6,11,16H2,1-4H3. The van der Waals surface area contributed by atoms with Crippen LogP contribution in [0.2, 0.25) is 0 Å². The molecule has 2 atom stereocenters. The highest BCUT2D eigenvalue weighted by atomic mass is 16.5. The molecule has 0 saturated heterocycles. The first kappa shape index (κ1) is 15.0. The molecule has 1 rings (SSSR count). The fourth-order valence-corrected chi connectivity index (χ4v) is 2.09. The summed E-state index contributed by atoms with van der Waals surface area (Å²) < 4.78 is 5.46. The third kappa shape index (κ3) is 3.72. The van der Waals surface area contributed by atoms with E-state index in [0.717, 1.165) is 12.2 Å². The molecule has 1 aromatic carbocycles. The molecule has 1 aromatic rings. The number of likely N-dealkylation sites (N-methyl/N-ethyl adjacent to an activating group) is 1. The van der Waals surface area contributed by atoms with Crippen LogP contribution in [0.3, 0.4) is 0 Å². The summed E-state index contributed by atoms with van der Waals surface area (Å²) in [7, 11) is 2.14. The summed E-state index contributed by atoms with van der Waals surface area (Å²) >= 11 is 0. The molecule has 3 nitrogen and oxygen atoms in total. The maximum Gasteiger partial charge on any atom is 0.119 e. The highest BCUT2D eigenvalue weighted by Crippen LogP contribution is 2.23. The first-order chi connectivity index (χ1) is 8.63. The Morgan fingerprint density at radius 1 is 1.22 bits per heavy atom. The Morgan fingerprint density at radius 3 is 2.28 bits per heavy atom. The lowest BCUT2D eigenvalue weighted by Gasteiger charge is -2.32. The minimum atomic E-state index is 0.274. The van der Waals surface area contributed by atoms with Gasteiger partial charge >= 0.3 is 0 Å². The fourth-order valence-electron chi connectivity index (χ4n) is 2.09. The maximum atomic E-state index is 5.92. The van der Waals surface area contributed by atoms with Crippen molar-refractivity contribution in [1.29, 1.82) is 0 Å². The van der Waals surface area contributed by atoms with Crippen LogP contribution in [0, 0.1) is 0 Å². The van der Waals surface area contributed by atoms with Gasteiger partial charge in [-0.2, -0.15) is 0 Å². The summed E-state index contributed by atoms with van der Waals surface area (Å²) in [5.74, 6) is 0.920. The number of hydrogen-bond acceptors (Lipinski definition) is 3. The van der Waals surface area contributed by atoms with Crippen LogP contribution in [0.15, 0.2) is 24.3 Å². The molecule has 18 heavy (non-hydrogen) atoms. The first-order valence-electron chi connectivity index (χ1n) is 6.78. The lowest BCUT2D eigenvalue weighted by molar-refractivity contribution is 0.184. The second kappa shape index (κ2) is 7.39. The van der Waals surface area contributed by atoms with Crippen LogP contribution in [0.4, 0.5) is 0 Å². The Bertz CT molecular complexity index is 337. The Labute approximate surface area is 111 Å². The third-order valence-corrected chi connectivity index (χ3v) is 3.58. The predicted molar refractivity (Wildman–Crippen MR) is 76.9 cm³/mol. The minimum absolute atomic E-state index is 0.274. The van der Waals surface area contributed by atoms with E-state index in [1.165, 1.54) is 5.56 Å². The molecule has 0 aliphatic carbocycles. The van der Waals surface area contributed by atoms with Crippen molar-refractivity contribution in [3.63, 3.8) is 0 Å². The maximum absolute atomic E-state index is 5.92. The second-order valence-electron chi connectivity index (χ2n) is 4.68. The van der Waals surface area contributed by atoms with E-state index in [2.05, 4.69) is 37.9 Å². The van der Waals surface area contributed by atoms with Crippen molar-refractivity contribution in [3.05, 3.63) is 29.8 Å². The van der Waals surface area contributed by atoms with Gasteiger partial charge in [-0.25, -0.2) is 0 Å². The van der Waals surface area contributed by atoms with Gasteiger partial charge in [0.05, 0.1) is 6.61 Å². The van der Waals surface area contributed by atoms with Gasteiger partial charge in [-0.05, 0) is 45.0 Å². The minimum Gasteiger partial charge on any atom is -0.494 e. The van der Waals surface area contributed by atoms with Gasteiger partial charge in [0.2, 0.25) is 0 Å². The van der Waals surface area contributed by atoms with Gasteiger partial charge < -0.3 is 10.5 Å². The number of rotatable bonds is 7. The molecule has 0 amide bonds. The van der Waals surface area contributed by atoms with E-state index in [-0.39, 0.29) is 6.04 Å². The molecule has 0 spiro atoms. The Balaban J connectivity index is 2.81. The largest absolute Gasteiger partial charge is 0.494 e. The van der Waals surface area contributed by atoms with Gasteiger partial charge in [0.25, 0.3) is 0 Å². The predicted octanol–water partition coefficient (Wildman–Crippen LogP) is 2.82. The van der Waals surface area contributed by atoms with E-state index in [1.807, 2.05) is 19.1 Å². The van der Waals surface area contributed by atoms with Crippen molar-refractivity contribution in [3.8, 4) is 5.75 Å². The lowest BCUT2D eigenvalue weighted by Crippen LogP contribution is -2.36. The fraction of sp³-hybridized carbons (Fsp3) is 0.600. The molecule has 0 aromatic heterocycles. The number of benzene rings is 1. The Morgan fingerprint density at radius 2 is 1.83 bits per heavy atom. The van der Waals surface area contributed by atoms with Crippen molar-refractivity contribution in [2.45, 2.75) is 39.3 Å². The monoisotopic (exact) mass is 250 g/mol. The van der Waals surface area contributed by atoms with Gasteiger partial charge in [0.1, 0.15) is 5.75 Å². The van der Waals surface area contributed by atoms with E-state index >= 15 is 0 Å². The summed E-state index contributed by atoms with van der Waals surface area (Å²) in [6.07, 6.45) is 1.13. The van der Waals surface area contributed by atoms with Crippen molar-refractivity contribution < 1.29 is 4.74 Å². The Kier molecular flexibility index (Phi) is 6.16. The van der Waals surface area contributed by atoms with Gasteiger partial charge in [0, 0.05) is 18.6 Å². The van der Waals surface area contributed by atoms with Crippen LogP contribution in [0.25, 0.3) is 0 Å². The number of hydrogen-bond donors (Lipinski definition) is 1. The summed E-state index contributed by atoms with van der Waals surface area (Å²) in [5, 5.41) is 0. The molecule has 0 radical (unpaired) electrons. The molecule has 102 valence electrons. The van der Waals surface area contributed by atoms with E-state index in [1.54, 1.807) is 0 Å². The topological polar surface area (TPSA) is 38.5 Å². The average molecular weight is 250 g/mol. The summed E-state index contributed by atoms with van der Waals surface area (Å²) in [6.45, 7) is 7.76. The van der Waals surface area contributed by atoms with Gasteiger partial charge in [-0.15, -0.1) is 0 Å². The zero-order chi connectivity index (χ0) is 13.5. The molecule has 0 heterocycles. The molecular weight excluding hydrogens is 224 g/mol. The Hall–Kier alpha value is -1.06. The SMILES string of the molecule is CCOc1ccc(C(CN)N(C)C(C)CC)cc1. The molecule has 2 unspecified atom stereocenters. The molecular formula is C15H26N2O. The molecule has 0 fully saturated rings. The summed E-state index contributed by atoms with van der Waals surface area (Å²) in [5.41, 5.74) is 7.18. The second-order valence-corrected chi connectivity index (χ2v) is 4.68. The summed E-state index contributed by atoms with van der Waals surface area (Å²) in [6, 6.07) is 9.07. The van der Waals surface area contributed by atoms with E-state index in [0.29, 0.717) is 19.2 Å². The van der Waals surface area contributed by atoms with Crippen LogP contribution >= 0.6 is 0 Å². The normalized spacial score (nSPS) is 14.6. The van der Waals surface area contributed by atoms with Crippen molar-refractivity contribution in [2.24, 2.45) is 5.73 Å². The number of nitrogens with two attached hydrogens (primary N) is 1. The van der Waals surface area contributed by atoms with Crippen LogP contribution in [-0.2, 0) is 0 Å². The molecule has 3 heteroatoms. The van der Waals surface area contributed by atoms with Crippen LogP contribution in [0.5, 0.6) is 5.75 Å². The highest BCUT2D eigenvalue weighted by molar-refractivity contribution is 5.29. The zero-order valence-electron chi connectivity index (χ0n) is 12.0. The zero-order valence-corrected chi connectivity index (χ0v) is 12.0. The number of nitrogens with zero attached hydrogens (tertiary/aromatic N) is 1. The van der Waals surface area contributed by atoms with Crippen LogP contribution < -0.4 is 10.5 Å². The molecule has 0 aliphatic rings. The van der Waals surface area contributed by atoms with Crippen LogP contribution in [0.1, 0.15) is 38.8 Å². The van der Waals surface area contributed by atoms with Gasteiger partial charge in [-0.3, -0.25) is 4.90 Å². The summed E-state index contributed by atoms with van der Waals surface area (Å²) in [4.78, 5) is 2.34. The number of ether oxygens (including phenoxy) is 1. The van der Waals surface area contributed by atoms with Crippen molar-refractivity contribution in [2.75, 3.05) is 20.2 Å². The van der Waals surface area contributed by atoms with Crippen molar-refractivity contribution >= 4 is 0 Å². The highest BCUT2D eigenvalue weighted by Gasteiger charge is 2.19. The molecule has 2 N–H and O–H groups in total. The average Bonchev–Trinajstić information content (AvgIpc) is 2.40. The van der Waals surface area contributed by atoms with Crippen molar-refractivity contribution in [1.82, 2.24) is 4.90 Å². The van der Waals surface area contributed by atoms with Gasteiger partial charge in [-0.1, -0.05) is 19.1 Å². The third-order valence-electron chi connectivity index (χ3n) is 3.58. The molecule has 0 aliphatic heterocycles. The molecule has 0 bridgehead atoms. The van der Waals surface area contributed by atoms with E-state index < -0.39 is 0 Å². The smallest absolute Gasteiger partial charge is 0.119 e. The van der Waals surface area contributed by atoms with Gasteiger partial charge in [0.15, 0.2) is 0 Å².